The van der Waals surface area contributed by atoms with E-state index in [9.17, 15) is 0 Å². The molecule has 1 aliphatic heterocycles. The monoisotopic (exact) mass is 227 g/mol. The predicted molar refractivity (Wildman–Crippen MR) is 64.6 cm³/mol. The molecule has 94 valence electrons. The zero-order chi connectivity index (χ0) is 11.3. The molecular formula is C13H25NO2. The van der Waals surface area contributed by atoms with Gasteiger partial charge >= 0.3 is 0 Å². The van der Waals surface area contributed by atoms with Crippen molar-refractivity contribution in [2.24, 2.45) is 5.92 Å². The summed E-state index contributed by atoms with van der Waals surface area (Å²) in [5.74, 6) is 0.911. The molecule has 16 heavy (non-hydrogen) atoms. The van der Waals surface area contributed by atoms with Crippen molar-refractivity contribution in [3.05, 3.63) is 0 Å². The van der Waals surface area contributed by atoms with E-state index >= 15 is 0 Å². The minimum atomic E-state index is 0.0385. The quantitative estimate of drug-likeness (QED) is 0.779. The minimum Gasteiger partial charge on any atom is -0.381 e. The van der Waals surface area contributed by atoms with Crippen molar-refractivity contribution in [1.82, 2.24) is 5.32 Å². The van der Waals surface area contributed by atoms with Gasteiger partial charge in [-0.15, -0.1) is 0 Å². The van der Waals surface area contributed by atoms with E-state index in [1.807, 2.05) is 7.11 Å². The lowest BCUT2D eigenvalue weighted by Crippen LogP contribution is -2.47. The average molecular weight is 227 g/mol. The van der Waals surface area contributed by atoms with Crippen LogP contribution < -0.4 is 5.32 Å². The fraction of sp³-hybridized carbons (Fsp3) is 1.00. The maximum Gasteiger partial charge on any atom is 0.0846 e. The van der Waals surface area contributed by atoms with Gasteiger partial charge < -0.3 is 14.8 Å². The highest BCUT2D eigenvalue weighted by molar-refractivity contribution is 4.86. The zero-order valence-electron chi connectivity index (χ0n) is 10.5. The Morgan fingerprint density at radius 2 is 1.94 bits per heavy atom. The molecule has 3 heteroatoms. The van der Waals surface area contributed by atoms with Crippen molar-refractivity contribution in [3.8, 4) is 0 Å². The van der Waals surface area contributed by atoms with Crippen LogP contribution in [-0.4, -0.2) is 39.0 Å². The summed E-state index contributed by atoms with van der Waals surface area (Å²) in [5, 5.41) is 3.61. The van der Waals surface area contributed by atoms with Crippen LogP contribution in [0.4, 0.5) is 0 Å². The van der Waals surface area contributed by atoms with E-state index in [0.717, 1.165) is 38.5 Å². The molecule has 1 saturated heterocycles. The molecule has 2 fully saturated rings. The van der Waals surface area contributed by atoms with Gasteiger partial charge in [-0.05, 0) is 25.3 Å². The van der Waals surface area contributed by atoms with E-state index in [-0.39, 0.29) is 5.60 Å². The molecule has 0 spiro atoms. The summed E-state index contributed by atoms with van der Waals surface area (Å²) >= 11 is 0. The molecule has 0 unspecified atom stereocenters. The SMILES string of the molecule is COC1(CNCC2CCCC2)CCOCC1. The molecule has 0 amide bonds. The Balaban J connectivity index is 1.69. The lowest BCUT2D eigenvalue weighted by atomic mass is 9.93. The molecule has 0 atom stereocenters. The van der Waals surface area contributed by atoms with E-state index in [1.54, 1.807) is 0 Å². The highest BCUT2D eigenvalue weighted by atomic mass is 16.5. The molecule has 0 aromatic carbocycles. The number of hydrogen-bond acceptors (Lipinski definition) is 3. The van der Waals surface area contributed by atoms with E-state index in [4.69, 9.17) is 9.47 Å². The van der Waals surface area contributed by atoms with Gasteiger partial charge in [-0.2, -0.15) is 0 Å². The summed E-state index contributed by atoms with van der Waals surface area (Å²) in [6, 6.07) is 0. The first-order valence-electron chi connectivity index (χ1n) is 6.68. The van der Waals surface area contributed by atoms with Gasteiger partial charge in [-0.25, -0.2) is 0 Å². The standard InChI is InChI=1S/C13H25NO2/c1-15-13(6-8-16-9-7-13)11-14-10-12-4-2-3-5-12/h12,14H,2-11H2,1H3. The Kier molecular flexibility index (Phi) is 4.62. The largest absolute Gasteiger partial charge is 0.381 e. The van der Waals surface area contributed by atoms with Gasteiger partial charge in [0.25, 0.3) is 0 Å². The van der Waals surface area contributed by atoms with E-state index in [0.29, 0.717) is 0 Å². The van der Waals surface area contributed by atoms with Gasteiger partial charge in [0, 0.05) is 39.7 Å². The maximum atomic E-state index is 5.70. The third-order valence-electron chi connectivity index (χ3n) is 4.19. The van der Waals surface area contributed by atoms with Crippen LogP contribution in [0.2, 0.25) is 0 Å². The Morgan fingerprint density at radius 3 is 2.56 bits per heavy atom. The molecule has 0 aromatic rings. The normalized spacial score (nSPS) is 26.1. The third kappa shape index (κ3) is 3.19. The Bertz CT molecular complexity index is 196. The van der Waals surface area contributed by atoms with Crippen LogP contribution >= 0.6 is 0 Å². The van der Waals surface area contributed by atoms with Crippen LogP contribution in [0.1, 0.15) is 38.5 Å². The number of ether oxygens (including phenoxy) is 2. The van der Waals surface area contributed by atoms with E-state index in [2.05, 4.69) is 5.32 Å². The number of nitrogens with one attached hydrogen (secondary N) is 1. The summed E-state index contributed by atoms with van der Waals surface area (Å²) in [6.45, 7) is 3.85. The van der Waals surface area contributed by atoms with Gasteiger partial charge in [0.1, 0.15) is 0 Å². The van der Waals surface area contributed by atoms with Gasteiger partial charge in [-0.3, -0.25) is 0 Å². The van der Waals surface area contributed by atoms with Crippen molar-refractivity contribution in [1.29, 1.82) is 0 Å². The van der Waals surface area contributed by atoms with Crippen LogP contribution in [0, 0.1) is 5.92 Å². The number of methoxy groups -OCH3 is 1. The highest BCUT2D eigenvalue weighted by Gasteiger charge is 2.32. The minimum absolute atomic E-state index is 0.0385. The Labute approximate surface area is 98.9 Å². The first-order chi connectivity index (χ1) is 7.85. The average Bonchev–Trinajstić information content (AvgIpc) is 2.83. The van der Waals surface area contributed by atoms with Crippen LogP contribution in [0.25, 0.3) is 0 Å². The summed E-state index contributed by atoms with van der Waals surface area (Å²) in [4.78, 5) is 0. The van der Waals surface area contributed by atoms with E-state index in [1.165, 1.54) is 32.2 Å². The molecule has 1 N–H and O–H groups in total. The van der Waals surface area contributed by atoms with Crippen molar-refractivity contribution in [2.75, 3.05) is 33.4 Å². The fourth-order valence-electron chi connectivity index (χ4n) is 2.92. The topological polar surface area (TPSA) is 30.5 Å². The predicted octanol–water partition coefficient (Wildman–Crippen LogP) is 1.96. The second-order valence-electron chi connectivity index (χ2n) is 5.28. The number of hydrogen-bond donors (Lipinski definition) is 1. The second kappa shape index (κ2) is 5.99. The zero-order valence-corrected chi connectivity index (χ0v) is 10.5. The van der Waals surface area contributed by atoms with Crippen molar-refractivity contribution in [2.45, 2.75) is 44.1 Å². The van der Waals surface area contributed by atoms with E-state index < -0.39 is 0 Å². The van der Waals surface area contributed by atoms with Gasteiger partial charge in [0.15, 0.2) is 0 Å². The molecule has 0 aromatic heterocycles. The molecule has 1 heterocycles. The molecule has 2 rings (SSSR count). The van der Waals surface area contributed by atoms with Crippen molar-refractivity contribution < 1.29 is 9.47 Å². The molecule has 0 bridgehead atoms. The molecule has 1 aliphatic carbocycles. The fourth-order valence-corrected chi connectivity index (χ4v) is 2.92. The molecule has 0 radical (unpaired) electrons. The Hall–Kier alpha value is -0.120. The first-order valence-corrected chi connectivity index (χ1v) is 6.68. The first kappa shape index (κ1) is 12.3. The smallest absolute Gasteiger partial charge is 0.0846 e. The maximum absolute atomic E-state index is 5.70. The highest BCUT2D eigenvalue weighted by Crippen LogP contribution is 2.26. The summed E-state index contributed by atoms with van der Waals surface area (Å²) < 4.78 is 11.1. The van der Waals surface area contributed by atoms with Crippen LogP contribution in [0.3, 0.4) is 0 Å². The Morgan fingerprint density at radius 1 is 1.25 bits per heavy atom. The lowest BCUT2D eigenvalue weighted by Gasteiger charge is -2.36. The summed E-state index contributed by atoms with van der Waals surface area (Å²) in [7, 11) is 1.84. The van der Waals surface area contributed by atoms with Crippen molar-refractivity contribution in [3.63, 3.8) is 0 Å². The van der Waals surface area contributed by atoms with Gasteiger partial charge in [0.2, 0.25) is 0 Å². The van der Waals surface area contributed by atoms with Crippen molar-refractivity contribution >= 4 is 0 Å². The van der Waals surface area contributed by atoms with Crippen LogP contribution in [-0.2, 0) is 9.47 Å². The molecule has 1 saturated carbocycles. The third-order valence-corrected chi connectivity index (χ3v) is 4.19. The van der Waals surface area contributed by atoms with Gasteiger partial charge in [-0.1, -0.05) is 12.8 Å². The molecule has 2 aliphatic rings. The van der Waals surface area contributed by atoms with Gasteiger partial charge in [0.05, 0.1) is 5.60 Å². The summed E-state index contributed by atoms with van der Waals surface area (Å²) in [6.07, 6.45) is 7.74. The molecular weight excluding hydrogens is 202 g/mol. The summed E-state index contributed by atoms with van der Waals surface area (Å²) in [5.41, 5.74) is 0.0385. The second-order valence-corrected chi connectivity index (χ2v) is 5.28. The van der Waals surface area contributed by atoms with Crippen LogP contribution in [0.15, 0.2) is 0 Å². The lowest BCUT2D eigenvalue weighted by molar-refractivity contribution is -0.0877. The number of rotatable bonds is 5. The van der Waals surface area contributed by atoms with Crippen LogP contribution in [0.5, 0.6) is 0 Å². The molecule has 3 nitrogen and oxygen atoms in total.